The van der Waals surface area contributed by atoms with Crippen molar-refractivity contribution in [1.82, 2.24) is 5.32 Å². The van der Waals surface area contributed by atoms with Gasteiger partial charge in [0, 0.05) is 25.8 Å². The molecule has 1 atom stereocenters. The van der Waals surface area contributed by atoms with E-state index in [0.29, 0.717) is 5.92 Å². The summed E-state index contributed by atoms with van der Waals surface area (Å²) < 4.78 is 5.00. The summed E-state index contributed by atoms with van der Waals surface area (Å²) in [5, 5.41) is 12.2. The minimum atomic E-state index is -0.179. The fraction of sp³-hybridized carbons (Fsp3) is 1.00. The maximum atomic E-state index is 8.94. The fourth-order valence-electron chi connectivity index (χ4n) is 0.850. The highest BCUT2D eigenvalue weighted by molar-refractivity contribution is 4.76. The Morgan fingerprint density at radius 1 is 1.50 bits per heavy atom. The Labute approximate surface area is 75.1 Å². The summed E-state index contributed by atoms with van der Waals surface area (Å²) in [6.45, 7) is 7.87. The zero-order chi connectivity index (χ0) is 9.61. The molecule has 0 amide bonds. The van der Waals surface area contributed by atoms with Crippen molar-refractivity contribution < 1.29 is 9.84 Å². The highest BCUT2D eigenvalue weighted by Crippen LogP contribution is 2.01. The summed E-state index contributed by atoms with van der Waals surface area (Å²) in [6, 6.07) is 0. The second-order valence-electron chi connectivity index (χ2n) is 3.98. The Kier molecular flexibility index (Phi) is 5.46. The van der Waals surface area contributed by atoms with Crippen LogP contribution in [0.15, 0.2) is 0 Å². The average molecular weight is 175 g/mol. The monoisotopic (exact) mass is 175 g/mol. The Morgan fingerprint density at radius 2 is 2.08 bits per heavy atom. The van der Waals surface area contributed by atoms with E-state index in [0.717, 1.165) is 13.2 Å². The van der Waals surface area contributed by atoms with Crippen molar-refractivity contribution in [2.24, 2.45) is 5.92 Å². The van der Waals surface area contributed by atoms with E-state index in [4.69, 9.17) is 9.84 Å². The molecular formula is C9H21NO2. The molecule has 1 unspecified atom stereocenters. The first kappa shape index (κ1) is 11.9. The van der Waals surface area contributed by atoms with Gasteiger partial charge in [-0.15, -0.1) is 0 Å². The van der Waals surface area contributed by atoms with Crippen molar-refractivity contribution in [3.63, 3.8) is 0 Å². The Hall–Kier alpha value is -0.120. The van der Waals surface area contributed by atoms with Gasteiger partial charge in [0.25, 0.3) is 0 Å². The lowest BCUT2D eigenvalue weighted by Gasteiger charge is -2.25. The van der Waals surface area contributed by atoms with Gasteiger partial charge in [0.05, 0.1) is 6.61 Å². The lowest BCUT2D eigenvalue weighted by Crippen LogP contribution is -2.45. The van der Waals surface area contributed by atoms with Crippen molar-refractivity contribution >= 4 is 0 Å². The van der Waals surface area contributed by atoms with Crippen molar-refractivity contribution in [2.75, 3.05) is 26.9 Å². The van der Waals surface area contributed by atoms with Crippen molar-refractivity contribution in [3.8, 4) is 0 Å². The van der Waals surface area contributed by atoms with Crippen LogP contribution >= 0.6 is 0 Å². The van der Waals surface area contributed by atoms with Gasteiger partial charge in [-0.25, -0.2) is 0 Å². The number of nitrogens with one attached hydrogen (secondary N) is 1. The SMILES string of the molecule is COCC(C)CNC(C)(C)CO. The zero-order valence-corrected chi connectivity index (χ0v) is 8.55. The molecule has 0 saturated carbocycles. The summed E-state index contributed by atoms with van der Waals surface area (Å²) in [5.41, 5.74) is -0.179. The highest BCUT2D eigenvalue weighted by atomic mass is 16.5. The first-order chi connectivity index (χ1) is 5.52. The number of hydrogen-bond donors (Lipinski definition) is 2. The minimum Gasteiger partial charge on any atom is -0.394 e. The Morgan fingerprint density at radius 3 is 2.50 bits per heavy atom. The number of ether oxygens (including phenoxy) is 1. The van der Waals surface area contributed by atoms with Gasteiger partial charge in [0.2, 0.25) is 0 Å². The third-order valence-corrected chi connectivity index (χ3v) is 1.78. The van der Waals surface area contributed by atoms with Crippen LogP contribution < -0.4 is 5.32 Å². The standard InChI is InChI=1S/C9H21NO2/c1-8(6-12-4)5-10-9(2,3)7-11/h8,10-11H,5-7H2,1-4H3. The fourth-order valence-corrected chi connectivity index (χ4v) is 0.850. The molecule has 3 nitrogen and oxygen atoms in total. The van der Waals surface area contributed by atoms with Crippen molar-refractivity contribution in [1.29, 1.82) is 0 Å². The summed E-state index contributed by atoms with van der Waals surface area (Å²) in [7, 11) is 1.70. The van der Waals surface area contributed by atoms with E-state index in [1.165, 1.54) is 0 Å². The maximum Gasteiger partial charge on any atom is 0.0607 e. The molecule has 0 bridgehead atoms. The van der Waals surface area contributed by atoms with Gasteiger partial charge in [0.15, 0.2) is 0 Å². The molecule has 12 heavy (non-hydrogen) atoms. The van der Waals surface area contributed by atoms with Gasteiger partial charge < -0.3 is 15.2 Å². The number of aliphatic hydroxyl groups is 1. The molecule has 0 radical (unpaired) electrons. The first-order valence-electron chi connectivity index (χ1n) is 4.36. The third-order valence-electron chi connectivity index (χ3n) is 1.78. The van der Waals surface area contributed by atoms with E-state index < -0.39 is 0 Å². The molecule has 0 aliphatic heterocycles. The van der Waals surface area contributed by atoms with Crippen LogP contribution in [0.1, 0.15) is 20.8 Å². The zero-order valence-electron chi connectivity index (χ0n) is 8.55. The van der Waals surface area contributed by atoms with Crippen LogP contribution in [-0.2, 0) is 4.74 Å². The molecule has 0 spiro atoms. The molecule has 0 aliphatic carbocycles. The molecule has 0 aliphatic rings. The largest absolute Gasteiger partial charge is 0.394 e. The van der Waals surface area contributed by atoms with E-state index in [-0.39, 0.29) is 12.1 Å². The van der Waals surface area contributed by atoms with Crippen molar-refractivity contribution in [3.05, 3.63) is 0 Å². The van der Waals surface area contributed by atoms with E-state index in [1.54, 1.807) is 7.11 Å². The van der Waals surface area contributed by atoms with Crippen molar-refractivity contribution in [2.45, 2.75) is 26.3 Å². The molecule has 0 aromatic carbocycles. The van der Waals surface area contributed by atoms with Crippen LogP contribution in [0.2, 0.25) is 0 Å². The van der Waals surface area contributed by atoms with Crippen LogP contribution in [-0.4, -0.2) is 37.5 Å². The van der Waals surface area contributed by atoms with E-state index in [2.05, 4.69) is 12.2 Å². The van der Waals surface area contributed by atoms with Crippen LogP contribution in [0.3, 0.4) is 0 Å². The quantitative estimate of drug-likeness (QED) is 0.622. The molecule has 0 aromatic rings. The van der Waals surface area contributed by atoms with Crippen LogP contribution in [0.4, 0.5) is 0 Å². The van der Waals surface area contributed by atoms with Gasteiger partial charge in [-0.2, -0.15) is 0 Å². The van der Waals surface area contributed by atoms with Gasteiger partial charge >= 0.3 is 0 Å². The van der Waals surface area contributed by atoms with Gasteiger partial charge in [-0.05, 0) is 19.8 Å². The van der Waals surface area contributed by atoms with E-state index in [1.807, 2.05) is 13.8 Å². The summed E-state index contributed by atoms with van der Waals surface area (Å²) in [5.74, 6) is 0.487. The Bertz CT molecular complexity index is 115. The van der Waals surface area contributed by atoms with E-state index in [9.17, 15) is 0 Å². The smallest absolute Gasteiger partial charge is 0.0607 e. The highest BCUT2D eigenvalue weighted by Gasteiger charge is 2.15. The summed E-state index contributed by atoms with van der Waals surface area (Å²) in [6.07, 6.45) is 0. The van der Waals surface area contributed by atoms with Gasteiger partial charge in [-0.3, -0.25) is 0 Å². The first-order valence-corrected chi connectivity index (χ1v) is 4.36. The predicted octanol–water partition coefficient (Wildman–Crippen LogP) is 0.629. The number of rotatable bonds is 6. The summed E-state index contributed by atoms with van der Waals surface area (Å²) >= 11 is 0. The normalized spacial score (nSPS) is 14.8. The summed E-state index contributed by atoms with van der Waals surface area (Å²) in [4.78, 5) is 0. The molecular weight excluding hydrogens is 154 g/mol. The van der Waals surface area contributed by atoms with Crippen LogP contribution in [0.25, 0.3) is 0 Å². The lowest BCUT2D eigenvalue weighted by molar-refractivity contribution is 0.141. The molecule has 0 rings (SSSR count). The lowest BCUT2D eigenvalue weighted by atomic mass is 10.1. The molecule has 0 aromatic heterocycles. The predicted molar refractivity (Wildman–Crippen MR) is 50.2 cm³/mol. The number of methoxy groups -OCH3 is 1. The van der Waals surface area contributed by atoms with Gasteiger partial charge in [-0.1, -0.05) is 6.92 Å². The van der Waals surface area contributed by atoms with E-state index >= 15 is 0 Å². The second kappa shape index (κ2) is 5.51. The molecule has 3 heteroatoms. The number of aliphatic hydroxyl groups excluding tert-OH is 1. The minimum absolute atomic E-state index is 0.159. The average Bonchev–Trinajstić information content (AvgIpc) is 2.02. The molecule has 74 valence electrons. The molecule has 0 heterocycles. The van der Waals surface area contributed by atoms with Crippen LogP contribution in [0, 0.1) is 5.92 Å². The molecule has 2 N–H and O–H groups in total. The van der Waals surface area contributed by atoms with Gasteiger partial charge in [0.1, 0.15) is 0 Å². The third kappa shape index (κ3) is 5.52. The maximum absolute atomic E-state index is 8.94. The second-order valence-corrected chi connectivity index (χ2v) is 3.98. The number of hydrogen-bond acceptors (Lipinski definition) is 3. The Balaban J connectivity index is 3.52. The molecule has 0 saturated heterocycles. The van der Waals surface area contributed by atoms with Crippen LogP contribution in [0.5, 0.6) is 0 Å². The molecule has 0 fully saturated rings. The topological polar surface area (TPSA) is 41.5 Å².